The molecule has 0 radical (unpaired) electrons. The first-order chi connectivity index (χ1) is 10.7. The summed E-state index contributed by atoms with van der Waals surface area (Å²) in [4.78, 5) is 0. The third kappa shape index (κ3) is 1.89. The average molecular weight is 289 g/mol. The van der Waals surface area contributed by atoms with E-state index in [0.29, 0.717) is 11.6 Å². The summed E-state index contributed by atoms with van der Waals surface area (Å²) in [5.41, 5.74) is 9.87. The van der Waals surface area contributed by atoms with Crippen molar-refractivity contribution in [1.82, 2.24) is 9.72 Å². The number of rotatable bonds is 2. The predicted octanol–water partition coefficient (Wildman–Crippen LogP) is 4.30. The topological polar surface area (TPSA) is 57.0 Å². The van der Waals surface area contributed by atoms with Crippen molar-refractivity contribution in [2.45, 2.75) is 6.92 Å². The zero-order valence-electron chi connectivity index (χ0n) is 12.2. The minimum absolute atomic E-state index is 0.317. The van der Waals surface area contributed by atoms with Gasteiger partial charge in [0.25, 0.3) is 0 Å². The van der Waals surface area contributed by atoms with E-state index < -0.39 is 0 Å². The van der Waals surface area contributed by atoms with Gasteiger partial charge in [-0.3, -0.25) is 0 Å². The molecule has 0 fully saturated rings. The Balaban J connectivity index is 1.99. The van der Waals surface area contributed by atoms with Crippen LogP contribution in [0.4, 0.5) is 5.88 Å². The second-order valence-electron chi connectivity index (χ2n) is 5.33. The Kier molecular flexibility index (Phi) is 2.76. The number of fused-ring (bicyclic) bond motifs is 3. The van der Waals surface area contributed by atoms with Gasteiger partial charge in [-0.1, -0.05) is 35.5 Å². The Bertz CT molecular complexity index is 1010. The van der Waals surface area contributed by atoms with E-state index in [0.717, 1.165) is 0 Å². The number of benzene rings is 2. The lowest BCUT2D eigenvalue weighted by atomic mass is 10.1. The van der Waals surface area contributed by atoms with Crippen LogP contribution in [0.1, 0.15) is 11.3 Å². The highest BCUT2D eigenvalue weighted by atomic mass is 16.5. The summed E-state index contributed by atoms with van der Waals surface area (Å²) in [5.74, 6) is 0.317. The van der Waals surface area contributed by atoms with Gasteiger partial charge in [-0.05, 0) is 30.7 Å². The van der Waals surface area contributed by atoms with Gasteiger partial charge in [0.15, 0.2) is 0 Å². The van der Waals surface area contributed by atoms with E-state index in [1.165, 1.54) is 27.4 Å². The first kappa shape index (κ1) is 12.7. The van der Waals surface area contributed by atoms with Crippen molar-refractivity contribution in [2.75, 3.05) is 5.73 Å². The molecule has 0 saturated carbocycles. The second-order valence-corrected chi connectivity index (χ2v) is 5.33. The number of nitrogens with two attached hydrogens (primary N) is 1. The van der Waals surface area contributed by atoms with Crippen LogP contribution in [0.3, 0.4) is 0 Å². The zero-order chi connectivity index (χ0) is 15.1. The molecule has 2 N–H and O–H groups in total. The summed E-state index contributed by atoms with van der Waals surface area (Å²) in [7, 11) is 0. The molecule has 22 heavy (non-hydrogen) atoms. The number of anilines is 1. The van der Waals surface area contributed by atoms with E-state index in [9.17, 15) is 0 Å². The monoisotopic (exact) mass is 289 g/mol. The molecule has 0 spiro atoms. The first-order valence-corrected chi connectivity index (χ1v) is 7.13. The Morgan fingerprint density at radius 2 is 1.91 bits per heavy atom. The molecular formula is C18H15N3O. The van der Waals surface area contributed by atoms with E-state index in [-0.39, 0.29) is 0 Å². The largest absolute Gasteiger partial charge is 0.368 e. The van der Waals surface area contributed by atoms with E-state index in [4.69, 9.17) is 10.3 Å². The third-order valence-corrected chi connectivity index (χ3v) is 3.88. The van der Waals surface area contributed by atoms with E-state index >= 15 is 0 Å². The number of hydrogen-bond acceptors (Lipinski definition) is 3. The number of aryl methyl sites for hydroxylation is 1. The van der Waals surface area contributed by atoms with Gasteiger partial charge in [-0.2, -0.15) is 0 Å². The molecule has 0 aliphatic heterocycles. The molecule has 108 valence electrons. The standard InChI is InChI=1S/C18H15N3O/c1-12-5-4-8-16-18(12)14-6-2-3-7-15(14)21(16)10-9-13-11-17(19)22-20-13/h2-11H,19H2,1H3. The van der Waals surface area contributed by atoms with Crippen LogP contribution in [0.15, 0.2) is 53.1 Å². The lowest BCUT2D eigenvalue weighted by Gasteiger charge is -2.00. The number of para-hydroxylation sites is 1. The van der Waals surface area contributed by atoms with Crippen molar-refractivity contribution < 1.29 is 4.52 Å². The van der Waals surface area contributed by atoms with Crippen LogP contribution in [0.2, 0.25) is 0 Å². The van der Waals surface area contributed by atoms with E-state index in [2.05, 4.69) is 59.1 Å². The molecule has 4 heteroatoms. The van der Waals surface area contributed by atoms with Gasteiger partial charge in [0.1, 0.15) is 5.69 Å². The molecule has 0 saturated heterocycles. The lowest BCUT2D eigenvalue weighted by Crippen LogP contribution is -1.85. The number of nitrogen functional groups attached to an aromatic ring is 1. The fraction of sp³-hybridized carbons (Fsp3) is 0.0556. The predicted molar refractivity (Wildman–Crippen MR) is 90.3 cm³/mol. The molecule has 4 rings (SSSR count). The minimum atomic E-state index is 0.317. The molecule has 0 aliphatic carbocycles. The van der Waals surface area contributed by atoms with Crippen molar-refractivity contribution in [3.63, 3.8) is 0 Å². The molecule has 4 nitrogen and oxygen atoms in total. The summed E-state index contributed by atoms with van der Waals surface area (Å²) in [6.45, 7) is 2.14. The van der Waals surface area contributed by atoms with Crippen LogP contribution in [-0.2, 0) is 0 Å². The summed E-state index contributed by atoms with van der Waals surface area (Å²) < 4.78 is 7.06. The van der Waals surface area contributed by atoms with Crippen molar-refractivity contribution in [1.29, 1.82) is 0 Å². The highest BCUT2D eigenvalue weighted by molar-refractivity contribution is 6.11. The van der Waals surface area contributed by atoms with Gasteiger partial charge in [0.05, 0.1) is 11.0 Å². The van der Waals surface area contributed by atoms with Gasteiger partial charge < -0.3 is 14.8 Å². The maximum absolute atomic E-state index is 5.56. The minimum Gasteiger partial charge on any atom is -0.368 e. The van der Waals surface area contributed by atoms with Crippen molar-refractivity contribution in [3.05, 3.63) is 59.8 Å². The summed E-state index contributed by atoms with van der Waals surface area (Å²) >= 11 is 0. The molecule has 0 atom stereocenters. The normalized spacial score (nSPS) is 11.9. The maximum Gasteiger partial charge on any atom is 0.222 e. The van der Waals surface area contributed by atoms with Crippen LogP contribution in [-0.4, -0.2) is 9.72 Å². The van der Waals surface area contributed by atoms with Gasteiger partial charge >= 0.3 is 0 Å². The SMILES string of the molecule is Cc1cccc2c1c1ccccc1n2C=Cc1cc(N)on1. The fourth-order valence-electron chi connectivity index (χ4n) is 2.92. The highest BCUT2D eigenvalue weighted by Crippen LogP contribution is 2.31. The Hall–Kier alpha value is -3.01. The Morgan fingerprint density at radius 1 is 1.09 bits per heavy atom. The molecule has 0 aliphatic rings. The molecule has 2 aromatic carbocycles. The molecule has 2 heterocycles. The Labute approximate surface area is 127 Å². The van der Waals surface area contributed by atoms with Crippen molar-refractivity contribution >= 4 is 40.0 Å². The van der Waals surface area contributed by atoms with Crippen LogP contribution >= 0.6 is 0 Å². The maximum atomic E-state index is 5.56. The molecule has 0 unspecified atom stereocenters. The summed E-state index contributed by atoms with van der Waals surface area (Å²) in [5, 5.41) is 6.42. The van der Waals surface area contributed by atoms with Gasteiger partial charge in [-0.15, -0.1) is 0 Å². The highest BCUT2D eigenvalue weighted by Gasteiger charge is 2.10. The quantitative estimate of drug-likeness (QED) is 0.598. The average Bonchev–Trinajstić information content (AvgIpc) is 3.07. The lowest BCUT2D eigenvalue weighted by molar-refractivity contribution is 0.435. The van der Waals surface area contributed by atoms with Crippen LogP contribution in [0.25, 0.3) is 34.1 Å². The zero-order valence-corrected chi connectivity index (χ0v) is 12.2. The fourth-order valence-corrected chi connectivity index (χ4v) is 2.92. The molecule has 0 bridgehead atoms. The van der Waals surface area contributed by atoms with Crippen LogP contribution < -0.4 is 5.73 Å². The number of nitrogens with zero attached hydrogens (tertiary/aromatic N) is 2. The van der Waals surface area contributed by atoms with E-state index in [1.54, 1.807) is 6.07 Å². The molecule has 0 amide bonds. The summed E-state index contributed by atoms with van der Waals surface area (Å²) in [6, 6.07) is 16.4. The van der Waals surface area contributed by atoms with Crippen molar-refractivity contribution in [2.24, 2.45) is 0 Å². The van der Waals surface area contributed by atoms with Gasteiger partial charge in [0.2, 0.25) is 5.88 Å². The molecule has 4 aromatic rings. The number of aromatic nitrogens is 2. The summed E-state index contributed by atoms with van der Waals surface area (Å²) in [6.07, 6.45) is 3.90. The van der Waals surface area contributed by atoms with Gasteiger partial charge in [0, 0.05) is 23.0 Å². The Morgan fingerprint density at radius 3 is 2.73 bits per heavy atom. The first-order valence-electron chi connectivity index (χ1n) is 7.13. The smallest absolute Gasteiger partial charge is 0.222 e. The van der Waals surface area contributed by atoms with Crippen molar-refractivity contribution in [3.8, 4) is 0 Å². The van der Waals surface area contributed by atoms with Crippen LogP contribution in [0.5, 0.6) is 0 Å². The number of hydrogen-bond donors (Lipinski definition) is 1. The third-order valence-electron chi connectivity index (χ3n) is 3.88. The van der Waals surface area contributed by atoms with E-state index in [1.807, 2.05) is 12.3 Å². The molecule has 2 aromatic heterocycles. The van der Waals surface area contributed by atoms with Gasteiger partial charge in [-0.25, -0.2) is 0 Å². The second kappa shape index (κ2) is 4.77. The molecular weight excluding hydrogens is 274 g/mol. The van der Waals surface area contributed by atoms with Crippen LogP contribution in [0, 0.1) is 6.92 Å².